The highest BCUT2D eigenvalue weighted by atomic mass is 32.1. The van der Waals surface area contributed by atoms with Gasteiger partial charge in [0.15, 0.2) is 0 Å². The van der Waals surface area contributed by atoms with Crippen molar-refractivity contribution in [2.45, 2.75) is 32.7 Å². The molecule has 3 heteroatoms. The fraction of sp³-hybridized carbons (Fsp3) is 0.667. The first-order chi connectivity index (χ1) is 7.36. The number of thiophene rings is 1. The quantitative estimate of drug-likeness (QED) is 0.715. The molecule has 0 aliphatic carbocycles. The molecule has 2 N–H and O–H groups in total. The second-order valence-electron chi connectivity index (χ2n) is 3.93. The lowest BCUT2D eigenvalue weighted by atomic mass is 10.0. The molecule has 0 radical (unpaired) electrons. The van der Waals surface area contributed by atoms with Crippen molar-refractivity contribution < 1.29 is 5.11 Å². The van der Waals surface area contributed by atoms with E-state index in [0.717, 1.165) is 19.5 Å². The normalized spacial score (nSPS) is 12.9. The molecule has 1 aromatic heterocycles. The van der Waals surface area contributed by atoms with Crippen LogP contribution >= 0.6 is 11.3 Å². The molecule has 0 spiro atoms. The number of hydrogen-bond acceptors (Lipinski definition) is 3. The molecule has 86 valence electrons. The second-order valence-corrected chi connectivity index (χ2v) is 4.71. The van der Waals surface area contributed by atoms with Crippen molar-refractivity contribution in [1.29, 1.82) is 0 Å². The number of rotatable bonds is 8. The van der Waals surface area contributed by atoms with Gasteiger partial charge in [0.25, 0.3) is 0 Å². The molecule has 1 rings (SSSR count). The van der Waals surface area contributed by atoms with Gasteiger partial charge in [-0.25, -0.2) is 0 Å². The van der Waals surface area contributed by atoms with E-state index in [1.54, 1.807) is 11.3 Å². The van der Waals surface area contributed by atoms with E-state index in [2.05, 4.69) is 29.1 Å². The van der Waals surface area contributed by atoms with Gasteiger partial charge in [0.1, 0.15) is 0 Å². The van der Waals surface area contributed by atoms with Gasteiger partial charge in [-0.3, -0.25) is 0 Å². The Morgan fingerprint density at radius 3 is 2.93 bits per heavy atom. The third-order valence-electron chi connectivity index (χ3n) is 2.58. The summed E-state index contributed by atoms with van der Waals surface area (Å²) < 4.78 is 0. The van der Waals surface area contributed by atoms with Gasteiger partial charge >= 0.3 is 0 Å². The molecule has 0 bridgehead atoms. The molecule has 1 atom stereocenters. The minimum Gasteiger partial charge on any atom is -0.396 e. The molecule has 0 amide bonds. The minimum atomic E-state index is 0.310. The van der Waals surface area contributed by atoms with Gasteiger partial charge in [-0.2, -0.15) is 11.3 Å². The zero-order valence-electron chi connectivity index (χ0n) is 9.41. The predicted molar refractivity (Wildman–Crippen MR) is 66.1 cm³/mol. The Balaban J connectivity index is 2.15. The lowest BCUT2D eigenvalue weighted by Gasteiger charge is -2.15. The zero-order valence-corrected chi connectivity index (χ0v) is 10.2. The first-order valence-corrected chi connectivity index (χ1v) is 6.63. The summed E-state index contributed by atoms with van der Waals surface area (Å²) in [5, 5.41) is 16.7. The Morgan fingerprint density at radius 1 is 1.47 bits per heavy atom. The highest BCUT2D eigenvalue weighted by Crippen LogP contribution is 2.10. The van der Waals surface area contributed by atoms with E-state index < -0.39 is 0 Å². The van der Waals surface area contributed by atoms with Crippen molar-refractivity contribution in [1.82, 2.24) is 5.32 Å². The van der Waals surface area contributed by atoms with Crippen LogP contribution in [0, 0.1) is 5.92 Å². The van der Waals surface area contributed by atoms with E-state index in [1.165, 1.54) is 18.4 Å². The van der Waals surface area contributed by atoms with Gasteiger partial charge < -0.3 is 10.4 Å². The number of aliphatic hydroxyl groups is 1. The van der Waals surface area contributed by atoms with Crippen molar-refractivity contribution in [3.05, 3.63) is 22.4 Å². The molecule has 15 heavy (non-hydrogen) atoms. The number of aliphatic hydroxyl groups excluding tert-OH is 1. The molecule has 0 aliphatic heterocycles. The van der Waals surface area contributed by atoms with Crippen LogP contribution in [0.15, 0.2) is 16.8 Å². The van der Waals surface area contributed by atoms with Crippen LogP contribution in [-0.4, -0.2) is 18.3 Å². The van der Waals surface area contributed by atoms with Crippen molar-refractivity contribution in [3.63, 3.8) is 0 Å². The largest absolute Gasteiger partial charge is 0.396 e. The molecule has 1 aromatic rings. The van der Waals surface area contributed by atoms with Crippen LogP contribution in [0.1, 0.15) is 31.7 Å². The maximum atomic E-state index is 8.92. The Kier molecular flexibility index (Phi) is 6.64. The molecule has 1 unspecified atom stereocenters. The molecule has 0 aromatic carbocycles. The van der Waals surface area contributed by atoms with E-state index >= 15 is 0 Å². The first kappa shape index (κ1) is 12.7. The third kappa shape index (κ3) is 5.30. The van der Waals surface area contributed by atoms with Gasteiger partial charge in [-0.1, -0.05) is 13.3 Å². The van der Waals surface area contributed by atoms with Gasteiger partial charge in [0.2, 0.25) is 0 Å². The van der Waals surface area contributed by atoms with Crippen LogP contribution in [-0.2, 0) is 6.54 Å². The van der Waals surface area contributed by atoms with Crippen molar-refractivity contribution in [3.8, 4) is 0 Å². The summed E-state index contributed by atoms with van der Waals surface area (Å²) in [6.07, 6.45) is 3.33. The fourth-order valence-electron chi connectivity index (χ4n) is 1.75. The maximum Gasteiger partial charge on any atom is 0.0434 e. The summed E-state index contributed by atoms with van der Waals surface area (Å²) in [6.45, 7) is 4.48. The average molecular weight is 227 g/mol. The molecule has 2 nitrogen and oxygen atoms in total. The lowest BCUT2D eigenvalue weighted by Crippen LogP contribution is -2.23. The Hall–Kier alpha value is -0.380. The van der Waals surface area contributed by atoms with E-state index in [0.29, 0.717) is 12.5 Å². The molecule has 0 saturated carbocycles. The van der Waals surface area contributed by atoms with Crippen LogP contribution < -0.4 is 5.32 Å². The SMILES string of the molecule is CCCC(CCO)CNCc1ccsc1. The first-order valence-electron chi connectivity index (χ1n) is 5.69. The van der Waals surface area contributed by atoms with E-state index in [-0.39, 0.29) is 0 Å². The van der Waals surface area contributed by atoms with Crippen LogP contribution in [0.25, 0.3) is 0 Å². The topological polar surface area (TPSA) is 32.3 Å². The lowest BCUT2D eigenvalue weighted by molar-refractivity contribution is 0.248. The molecule has 0 aliphatic rings. The van der Waals surface area contributed by atoms with Gasteiger partial charge in [0.05, 0.1) is 0 Å². The van der Waals surface area contributed by atoms with E-state index in [9.17, 15) is 0 Å². The fourth-order valence-corrected chi connectivity index (χ4v) is 2.42. The highest BCUT2D eigenvalue weighted by molar-refractivity contribution is 7.07. The molecular formula is C12H21NOS. The highest BCUT2D eigenvalue weighted by Gasteiger charge is 2.06. The summed E-state index contributed by atoms with van der Waals surface area (Å²) in [7, 11) is 0. The summed E-state index contributed by atoms with van der Waals surface area (Å²) in [5.41, 5.74) is 1.36. The van der Waals surface area contributed by atoms with Crippen LogP contribution in [0.4, 0.5) is 0 Å². The molecule has 1 heterocycles. The summed E-state index contributed by atoms with van der Waals surface area (Å²) >= 11 is 1.74. The second kappa shape index (κ2) is 7.85. The summed E-state index contributed by atoms with van der Waals surface area (Å²) in [4.78, 5) is 0. The molecule has 0 fully saturated rings. The van der Waals surface area contributed by atoms with Crippen molar-refractivity contribution in [2.75, 3.05) is 13.2 Å². The van der Waals surface area contributed by atoms with Gasteiger partial charge in [-0.05, 0) is 47.7 Å². The Morgan fingerprint density at radius 2 is 2.33 bits per heavy atom. The zero-order chi connectivity index (χ0) is 10.9. The van der Waals surface area contributed by atoms with Crippen molar-refractivity contribution >= 4 is 11.3 Å². The number of hydrogen-bond donors (Lipinski definition) is 2. The smallest absolute Gasteiger partial charge is 0.0434 e. The predicted octanol–water partition coefficient (Wildman–Crippen LogP) is 2.64. The van der Waals surface area contributed by atoms with Gasteiger partial charge in [-0.15, -0.1) is 0 Å². The Bertz CT molecular complexity index is 230. The van der Waals surface area contributed by atoms with Crippen molar-refractivity contribution in [2.24, 2.45) is 5.92 Å². The third-order valence-corrected chi connectivity index (χ3v) is 3.31. The minimum absolute atomic E-state index is 0.310. The monoisotopic (exact) mass is 227 g/mol. The van der Waals surface area contributed by atoms with Crippen LogP contribution in [0.5, 0.6) is 0 Å². The molecular weight excluding hydrogens is 206 g/mol. The summed E-state index contributed by atoms with van der Waals surface area (Å²) in [5.74, 6) is 0.624. The van der Waals surface area contributed by atoms with E-state index in [1.807, 2.05) is 0 Å². The van der Waals surface area contributed by atoms with Gasteiger partial charge in [0, 0.05) is 13.2 Å². The van der Waals surface area contributed by atoms with E-state index in [4.69, 9.17) is 5.11 Å². The standard InChI is InChI=1S/C12H21NOS/c1-2-3-11(4-6-14)8-13-9-12-5-7-15-10-12/h5,7,10-11,13-14H,2-4,6,8-9H2,1H3. The average Bonchev–Trinajstić information content (AvgIpc) is 2.71. The maximum absolute atomic E-state index is 8.92. The van der Waals surface area contributed by atoms with Crippen LogP contribution in [0.3, 0.4) is 0 Å². The number of nitrogens with one attached hydrogen (secondary N) is 1. The van der Waals surface area contributed by atoms with Crippen LogP contribution in [0.2, 0.25) is 0 Å². The Labute approximate surface area is 96.3 Å². The molecule has 0 saturated heterocycles. The summed E-state index contributed by atoms with van der Waals surface area (Å²) in [6, 6.07) is 2.15.